The minimum atomic E-state index is 0.708. The van der Waals surface area contributed by atoms with Gasteiger partial charge < -0.3 is 0 Å². The predicted octanol–water partition coefficient (Wildman–Crippen LogP) is -0.00640. The lowest BCUT2D eigenvalue weighted by Gasteiger charge is -2.21. The van der Waals surface area contributed by atoms with Crippen molar-refractivity contribution in [1.29, 1.82) is 0 Å². The summed E-state index contributed by atoms with van der Waals surface area (Å²) in [4.78, 5) is 4.04. The van der Waals surface area contributed by atoms with Gasteiger partial charge in [-0.1, -0.05) is 13.8 Å². The molecular formula is C7H15N5. The number of nitrogens with zero attached hydrogens (tertiary/aromatic N) is 4. The van der Waals surface area contributed by atoms with Crippen LogP contribution < -0.4 is 5.84 Å². The van der Waals surface area contributed by atoms with Crippen LogP contribution in [0.15, 0.2) is 6.33 Å². The van der Waals surface area contributed by atoms with Gasteiger partial charge >= 0.3 is 0 Å². The Balaban J connectivity index is 0.000000336. The zero-order chi connectivity index (χ0) is 8.97. The van der Waals surface area contributed by atoms with Gasteiger partial charge in [0, 0.05) is 6.54 Å². The molecule has 0 spiro atoms. The highest BCUT2D eigenvalue weighted by atomic mass is 15.5. The second kappa shape index (κ2) is 4.18. The topological polar surface area (TPSA) is 60.0 Å². The highest BCUT2D eigenvalue weighted by Crippen LogP contribution is 2.02. The predicted molar refractivity (Wildman–Crippen MR) is 46.0 cm³/mol. The fourth-order valence-electron chi connectivity index (χ4n) is 1.08. The van der Waals surface area contributed by atoms with Gasteiger partial charge in [-0.15, -0.1) is 0 Å². The van der Waals surface area contributed by atoms with Crippen molar-refractivity contribution < 1.29 is 0 Å². The summed E-state index contributed by atoms with van der Waals surface area (Å²) in [6, 6.07) is 0. The van der Waals surface area contributed by atoms with Crippen LogP contribution in [-0.4, -0.2) is 26.3 Å². The maximum Gasteiger partial charge on any atom is 0.142 e. The molecule has 0 bridgehead atoms. The van der Waals surface area contributed by atoms with E-state index in [0.717, 1.165) is 18.9 Å². The van der Waals surface area contributed by atoms with Gasteiger partial charge in [0.05, 0.1) is 13.1 Å². The summed E-state index contributed by atoms with van der Waals surface area (Å²) in [6.45, 7) is 6.42. The summed E-state index contributed by atoms with van der Waals surface area (Å²) in [6.07, 6.45) is 1.56. The molecule has 1 aromatic heterocycles. The smallest absolute Gasteiger partial charge is 0.142 e. The van der Waals surface area contributed by atoms with Crippen LogP contribution >= 0.6 is 0 Å². The standard InChI is InChI=1S/C5H9N5.C2H6/c6-9-1-2-10-5(3-9)7-4-8-10;1-2/h4H,1-3,6H2;1-2H3. The number of hydrogen-bond donors (Lipinski definition) is 1. The molecule has 0 radical (unpaired) electrons. The van der Waals surface area contributed by atoms with E-state index >= 15 is 0 Å². The average Bonchev–Trinajstić information content (AvgIpc) is 2.54. The fraction of sp³-hybridized carbons (Fsp3) is 0.714. The fourth-order valence-corrected chi connectivity index (χ4v) is 1.08. The van der Waals surface area contributed by atoms with Gasteiger partial charge in [-0.05, 0) is 0 Å². The Morgan fingerprint density at radius 2 is 2.17 bits per heavy atom. The van der Waals surface area contributed by atoms with Crippen LogP contribution in [0.1, 0.15) is 19.7 Å². The molecule has 12 heavy (non-hydrogen) atoms. The van der Waals surface area contributed by atoms with Crippen molar-refractivity contribution >= 4 is 0 Å². The van der Waals surface area contributed by atoms with Gasteiger partial charge in [0.2, 0.25) is 0 Å². The first-order valence-corrected chi connectivity index (χ1v) is 4.22. The first-order valence-electron chi connectivity index (χ1n) is 4.22. The van der Waals surface area contributed by atoms with Gasteiger partial charge in [-0.2, -0.15) is 5.10 Å². The van der Waals surface area contributed by atoms with E-state index in [2.05, 4.69) is 10.1 Å². The Morgan fingerprint density at radius 1 is 1.42 bits per heavy atom. The molecular weight excluding hydrogens is 154 g/mol. The Bertz CT molecular complexity index is 231. The quantitative estimate of drug-likeness (QED) is 0.555. The summed E-state index contributed by atoms with van der Waals surface area (Å²) in [7, 11) is 0. The lowest BCUT2D eigenvalue weighted by molar-refractivity contribution is 0.215. The number of nitrogens with two attached hydrogens (primary N) is 1. The molecule has 1 aliphatic rings. The Kier molecular flexibility index (Phi) is 3.19. The molecule has 68 valence electrons. The molecule has 1 aliphatic heterocycles. The van der Waals surface area contributed by atoms with Crippen LogP contribution in [0.2, 0.25) is 0 Å². The van der Waals surface area contributed by atoms with Gasteiger partial charge in [0.1, 0.15) is 12.2 Å². The van der Waals surface area contributed by atoms with Crippen molar-refractivity contribution in [3.63, 3.8) is 0 Å². The maximum absolute atomic E-state index is 5.56. The van der Waals surface area contributed by atoms with Crippen molar-refractivity contribution in [2.45, 2.75) is 26.9 Å². The Hall–Kier alpha value is -0.940. The lowest BCUT2D eigenvalue weighted by Crippen LogP contribution is -2.39. The first kappa shape index (κ1) is 9.15. The van der Waals surface area contributed by atoms with Crippen LogP contribution in [0, 0.1) is 0 Å². The maximum atomic E-state index is 5.56. The molecule has 2 heterocycles. The monoisotopic (exact) mass is 169 g/mol. The van der Waals surface area contributed by atoms with E-state index in [1.165, 1.54) is 0 Å². The average molecular weight is 169 g/mol. The molecule has 0 saturated heterocycles. The molecule has 0 fully saturated rings. The molecule has 0 aromatic carbocycles. The number of fused-ring (bicyclic) bond motifs is 1. The second-order valence-electron chi connectivity index (χ2n) is 2.37. The number of rotatable bonds is 0. The van der Waals surface area contributed by atoms with Crippen LogP contribution in [0.4, 0.5) is 0 Å². The molecule has 2 N–H and O–H groups in total. The highest BCUT2D eigenvalue weighted by Gasteiger charge is 2.13. The first-order chi connectivity index (χ1) is 5.86. The van der Waals surface area contributed by atoms with Crippen LogP contribution in [0.5, 0.6) is 0 Å². The largest absolute Gasteiger partial charge is 0.268 e. The normalized spacial score (nSPS) is 16.2. The van der Waals surface area contributed by atoms with E-state index < -0.39 is 0 Å². The molecule has 0 atom stereocenters. The van der Waals surface area contributed by atoms with Crippen molar-refractivity contribution in [2.75, 3.05) is 6.54 Å². The van der Waals surface area contributed by atoms with E-state index in [0.29, 0.717) is 6.54 Å². The second-order valence-corrected chi connectivity index (χ2v) is 2.37. The molecule has 0 aliphatic carbocycles. The summed E-state index contributed by atoms with van der Waals surface area (Å²) < 4.78 is 1.88. The lowest BCUT2D eigenvalue weighted by atomic mass is 10.4. The van der Waals surface area contributed by atoms with Crippen molar-refractivity contribution in [3.8, 4) is 0 Å². The van der Waals surface area contributed by atoms with E-state index in [4.69, 9.17) is 5.84 Å². The minimum absolute atomic E-state index is 0.708. The zero-order valence-corrected chi connectivity index (χ0v) is 7.56. The van der Waals surface area contributed by atoms with E-state index in [1.807, 2.05) is 18.5 Å². The summed E-state index contributed by atoms with van der Waals surface area (Å²) in [5.41, 5.74) is 0. The van der Waals surface area contributed by atoms with E-state index in [1.54, 1.807) is 11.3 Å². The third kappa shape index (κ3) is 1.80. The zero-order valence-electron chi connectivity index (χ0n) is 7.56. The van der Waals surface area contributed by atoms with Gasteiger partial charge in [-0.25, -0.2) is 14.7 Å². The van der Waals surface area contributed by atoms with Crippen molar-refractivity contribution in [3.05, 3.63) is 12.2 Å². The number of aromatic nitrogens is 3. The molecule has 1 aromatic rings. The summed E-state index contributed by atoms with van der Waals surface area (Å²) in [5.74, 6) is 6.51. The third-order valence-electron chi connectivity index (χ3n) is 1.64. The molecule has 2 rings (SSSR count). The van der Waals surface area contributed by atoms with Gasteiger partial charge in [0.25, 0.3) is 0 Å². The summed E-state index contributed by atoms with van der Waals surface area (Å²) >= 11 is 0. The van der Waals surface area contributed by atoms with E-state index in [9.17, 15) is 0 Å². The number of hydrogen-bond acceptors (Lipinski definition) is 4. The minimum Gasteiger partial charge on any atom is -0.268 e. The Labute approximate surface area is 72.2 Å². The molecule has 0 unspecified atom stereocenters. The molecule has 0 amide bonds. The van der Waals surface area contributed by atoms with Crippen molar-refractivity contribution in [2.24, 2.45) is 5.84 Å². The molecule has 5 nitrogen and oxygen atoms in total. The Morgan fingerprint density at radius 3 is 2.92 bits per heavy atom. The van der Waals surface area contributed by atoms with E-state index in [-0.39, 0.29) is 0 Å². The molecule has 0 saturated carbocycles. The SMILES string of the molecule is CC.NN1CCn2ncnc2C1. The highest BCUT2D eigenvalue weighted by molar-refractivity contribution is 4.86. The van der Waals surface area contributed by atoms with Crippen molar-refractivity contribution in [1.82, 2.24) is 19.8 Å². The van der Waals surface area contributed by atoms with Gasteiger partial charge in [-0.3, -0.25) is 5.84 Å². The van der Waals surface area contributed by atoms with Crippen LogP contribution in [0.3, 0.4) is 0 Å². The summed E-state index contributed by atoms with van der Waals surface area (Å²) in [5, 5.41) is 5.75. The van der Waals surface area contributed by atoms with Crippen LogP contribution in [0.25, 0.3) is 0 Å². The van der Waals surface area contributed by atoms with Gasteiger partial charge in [0.15, 0.2) is 0 Å². The third-order valence-corrected chi connectivity index (χ3v) is 1.64. The van der Waals surface area contributed by atoms with Crippen LogP contribution in [-0.2, 0) is 13.1 Å². The molecule has 5 heteroatoms. The number of hydrazine groups is 1.